The first-order valence-corrected chi connectivity index (χ1v) is 6.33. The van der Waals surface area contributed by atoms with Crippen molar-refractivity contribution in [1.82, 2.24) is 9.88 Å². The lowest BCUT2D eigenvalue weighted by atomic mass is 9.95. The van der Waals surface area contributed by atoms with Gasteiger partial charge in [0.1, 0.15) is 7.85 Å². The summed E-state index contributed by atoms with van der Waals surface area (Å²) in [6.07, 6.45) is 7.98. The smallest absolute Gasteiger partial charge is 0.141 e. The maximum Gasteiger partial charge on any atom is 0.141 e. The summed E-state index contributed by atoms with van der Waals surface area (Å²) in [6, 6.07) is 3.68. The van der Waals surface area contributed by atoms with E-state index < -0.39 is 0 Å². The summed E-state index contributed by atoms with van der Waals surface area (Å²) in [4.78, 5) is 6.88. The van der Waals surface area contributed by atoms with E-state index in [1.165, 1.54) is 30.3 Å². The zero-order chi connectivity index (χ0) is 11.5. The fourth-order valence-corrected chi connectivity index (χ4v) is 2.70. The van der Waals surface area contributed by atoms with Crippen molar-refractivity contribution in [3.8, 4) is 0 Å². The molecule has 0 N–H and O–H groups in total. The number of likely N-dealkylation sites (tertiary alicyclic amines) is 1. The number of hydrogen-bond acceptors (Lipinski definition) is 2. The molecule has 0 amide bonds. The van der Waals surface area contributed by atoms with E-state index in [0.29, 0.717) is 12.1 Å². The van der Waals surface area contributed by atoms with Gasteiger partial charge >= 0.3 is 0 Å². The third-order valence-electron chi connectivity index (χ3n) is 3.67. The highest BCUT2D eigenvalue weighted by atomic mass is 15.2. The van der Waals surface area contributed by atoms with Gasteiger partial charge in [0.2, 0.25) is 0 Å². The number of aromatic nitrogens is 1. The number of nitrogens with zero attached hydrogens (tertiary/aromatic N) is 2. The summed E-state index contributed by atoms with van der Waals surface area (Å²) in [6.45, 7) is 5.74. The molecule has 2 nitrogen and oxygen atoms in total. The second kappa shape index (κ2) is 5.00. The first-order chi connectivity index (χ1) is 7.66. The van der Waals surface area contributed by atoms with Gasteiger partial charge in [-0.25, -0.2) is 0 Å². The van der Waals surface area contributed by atoms with E-state index in [-0.39, 0.29) is 0 Å². The molecule has 1 aromatic heterocycles. The van der Waals surface area contributed by atoms with E-state index in [0.717, 1.165) is 6.54 Å². The molecular formula is C13H21BN2. The standard InChI is InChI=1S/C13H21BN2/c1-10-4-3-5-11(2)16(10)9-12-6-13(14)8-15-7-12/h6-8,10-11H,3-5,9,14H2,1-2H3/t10-,11+. The maximum absolute atomic E-state index is 4.27. The predicted octanol–water partition coefficient (Wildman–Crippen LogP) is 1.10. The Kier molecular flexibility index (Phi) is 3.64. The molecule has 0 radical (unpaired) electrons. The summed E-state index contributed by atoms with van der Waals surface area (Å²) in [5.74, 6) is 0. The van der Waals surface area contributed by atoms with Gasteiger partial charge in [0.25, 0.3) is 0 Å². The quantitative estimate of drug-likeness (QED) is 0.688. The second-order valence-corrected chi connectivity index (χ2v) is 5.17. The number of hydrogen-bond donors (Lipinski definition) is 0. The van der Waals surface area contributed by atoms with E-state index in [1.54, 1.807) is 0 Å². The Bertz CT molecular complexity index is 344. The molecule has 1 fully saturated rings. The molecule has 2 heterocycles. The van der Waals surface area contributed by atoms with Crippen LogP contribution in [0.5, 0.6) is 0 Å². The lowest BCUT2D eigenvalue weighted by molar-refractivity contribution is 0.0952. The van der Waals surface area contributed by atoms with Gasteiger partial charge < -0.3 is 0 Å². The normalized spacial score (nSPS) is 26.9. The first kappa shape index (κ1) is 11.7. The highest BCUT2D eigenvalue weighted by molar-refractivity contribution is 6.32. The Morgan fingerprint density at radius 2 is 2.00 bits per heavy atom. The molecule has 1 aliphatic heterocycles. The molecule has 2 atom stereocenters. The van der Waals surface area contributed by atoms with Crippen LogP contribution in [-0.4, -0.2) is 29.8 Å². The minimum atomic E-state index is 0.712. The molecule has 1 saturated heterocycles. The van der Waals surface area contributed by atoms with Crippen LogP contribution < -0.4 is 5.46 Å². The Balaban J connectivity index is 2.07. The van der Waals surface area contributed by atoms with Crippen LogP contribution in [0, 0.1) is 0 Å². The molecule has 86 valence electrons. The summed E-state index contributed by atoms with van der Waals surface area (Å²) in [5.41, 5.74) is 2.61. The van der Waals surface area contributed by atoms with Crippen LogP contribution in [0.15, 0.2) is 18.5 Å². The molecule has 0 unspecified atom stereocenters. The molecule has 3 heteroatoms. The van der Waals surface area contributed by atoms with E-state index >= 15 is 0 Å². The molecule has 0 aromatic carbocycles. The van der Waals surface area contributed by atoms with Gasteiger partial charge in [0.15, 0.2) is 0 Å². The van der Waals surface area contributed by atoms with Crippen molar-refractivity contribution in [2.75, 3.05) is 0 Å². The predicted molar refractivity (Wildman–Crippen MR) is 70.7 cm³/mol. The summed E-state index contributed by atoms with van der Waals surface area (Å²) in [5, 5.41) is 0. The summed E-state index contributed by atoms with van der Waals surface area (Å²) >= 11 is 0. The van der Waals surface area contributed by atoms with Gasteiger partial charge in [-0.05, 0) is 32.3 Å². The highest BCUT2D eigenvalue weighted by Gasteiger charge is 2.24. The van der Waals surface area contributed by atoms with Crippen LogP contribution in [0.4, 0.5) is 0 Å². The van der Waals surface area contributed by atoms with Crippen LogP contribution >= 0.6 is 0 Å². The molecule has 2 rings (SSSR count). The second-order valence-electron chi connectivity index (χ2n) is 5.17. The van der Waals surface area contributed by atoms with Gasteiger partial charge in [-0.15, -0.1) is 0 Å². The molecule has 0 spiro atoms. The fourth-order valence-electron chi connectivity index (χ4n) is 2.70. The third-order valence-corrected chi connectivity index (χ3v) is 3.67. The van der Waals surface area contributed by atoms with Crippen LogP contribution in [0.1, 0.15) is 38.7 Å². The average molecular weight is 216 g/mol. The zero-order valence-corrected chi connectivity index (χ0v) is 10.6. The minimum Gasteiger partial charge on any atom is -0.294 e. The van der Waals surface area contributed by atoms with Gasteiger partial charge in [0, 0.05) is 31.0 Å². The highest BCUT2D eigenvalue weighted by Crippen LogP contribution is 2.23. The Morgan fingerprint density at radius 1 is 1.31 bits per heavy atom. The summed E-state index contributed by atoms with van der Waals surface area (Å²) in [7, 11) is 2.11. The molecule has 0 saturated carbocycles. The number of pyridine rings is 1. The van der Waals surface area contributed by atoms with Gasteiger partial charge in [-0.1, -0.05) is 17.9 Å². The molecule has 0 aliphatic carbocycles. The Morgan fingerprint density at radius 3 is 2.62 bits per heavy atom. The largest absolute Gasteiger partial charge is 0.294 e. The van der Waals surface area contributed by atoms with E-state index in [2.05, 4.69) is 37.6 Å². The lowest BCUT2D eigenvalue weighted by Gasteiger charge is -2.39. The maximum atomic E-state index is 4.27. The van der Waals surface area contributed by atoms with Crippen molar-refractivity contribution in [1.29, 1.82) is 0 Å². The van der Waals surface area contributed by atoms with Crippen LogP contribution in [-0.2, 0) is 6.54 Å². The van der Waals surface area contributed by atoms with Crippen molar-refractivity contribution < 1.29 is 0 Å². The van der Waals surface area contributed by atoms with Crippen molar-refractivity contribution in [3.63, 3.8) is 0 Å². The molecule has 1 aromatic rings. The van der Waals surface area contributed by atoms with Crippen LogP contribution in [0.3, 0.4) is 0 Å². The van der Waals surface area contributed by atoms with Crippen molar-refractivity contribution in [2.24, 2.45) is 0 Å². The monoisotopic (exact) mass is 216 g/mol. The lowest BCUT2D eigenvalue weighted by Crippen LogP contribution is -2.43. The molecule has 16 heavy (non-hydrogen) atoms. The van der Waals surface area contributed by atoms with Crippen molar-refractivity contribution >= 4 is 13.3 Å². The zero-order valence-electron chi connectivity index (χ0n) is 10.6. The van der Waals surface area contributed by atoms with Crippen molar-refractivity contribution in [2.45, 2.75) is 51.7 Å². The minimum absolute atomic E-state index is 0.712. The van der Waals surface area contributed by atoms with Crippen LogP contribution in [0.25, 0.3) is 0 Å². The molecule has 0 bridgehead atoms. The van der Waals surface area contributed by atoms with Gasteiger partial charge in [-0.2, -0.15) is 0 Å². The third kappa shape index (κ3) is 2.64. The number of rotatable bonds is 2. The van der Waals surface area contributed by atoms with E-state index in [4.69, 9.17) is 0 Å². The number of piperidine rings is 1. The van der Waals surface area contributed by atoms with E-state index in [1.807, 2.05) is 12.4 Å². The van der Waals surface area contributed by atoms with Gasteiger partial charge in [0.05, 0.1) is 0 Å². The van der Waals surface area contributed by atoms with E-state index in [9.17, 15) is 0 Å². The molecular weight excluding hydrogens is 195 g/mol. The average Bonchev–Trinajstić information content (AvgIpc) is 2.24. The topological polar surface area (TPSA) is 16.1 Å². The molecule has 1 aliphatic rings. The first-order valence-electron chi connectivity index (χ1n) is 6.33. The SMILES string of the molecule is Bc1cncc(CN2[C@H](C)CCC[C@@H]2C)c1. The van der Waals surface area contributed by atoms with Crippen molar-refractivity contribution in [3.05, 3.63) is 24.0 Å². The Labute approximate surface area is 99.5 Å². The van der Waals surface area contributed by atoms with Gasteiger partial charge in [-0.3, -0.25) is 9.88 Å². The Hall–Kier alpha value is -0.825. The summed E-state index contributed by atoms with van der Waals surface area (Å²) < 4.78 is 0. The fraction of sp³-hybridized carbons (Fsp3) is 0.615. The van der Waals surface area contributed by atoms with Crippen LogP contribution in [0.2, 0.25) is 0 Å².